The van der Waals surface area contributed by atoms with Crippen LogP contribution in [0.3, 0.4) is 0 Å². The van der Waals surface area contributed by atoms with Crippen LogP contribution in [-0.4, -0.2) is 30.4 Å². The largest absolute Gasteiger partial charge is 0.453 e. The average Bonchev–Trinajstić information content (AvgIpc) is 3.29. The molecule has 0 saturated carbocycles. The number of carbonyl (C=O) groups excluding carboxylic acids is 2. The van der Waals surface area contributed by atoms with Crippen LogP contribution in [0.2, 0.25) is 10.0 Å². The molecule has 1 heterocycles. The van der Waals surface area contributed by atoms with E-state index in [2.05, 4.69) is 20.9 Å². The predicted molar refractivity (Wildman–Crippen MR) is 140 cm³/mol. The summed E-state index contributed by atoms with van der Waals surface area (Å²) >= 11 is 12.1. The minimum absolute atomic E-state index is 0.0132. The summed E-state index contributed by atoms with van der Waals surface area (Å²) in [6.07, 6.45) is 0. The van der Waals surface area contributed by atoms with Gasteiger partial charge in [0, 0.05) is 33.7 Å². The molecule has 1 aromatic heterocycles. The van der Waals surface area contributed by atoms with E-state index in [1.807, 2.05) is 6.07 Å². The minimum Gasteiger partial charge on any atom is -0.453 e. The zero-order chi connectivity index (χ0) is 26.5. The van der Waals surface area contributed by atoms with E-state index in [0.29, 0.717) is 11.2 Å². The molecule has 188 valence electrons. The summed E-state index contributed by atoms with van der Waals surface area (Å²) in [5.41, 5.74) is 1.94. The molecule has 0 spiro atoms. The third kappa shape index (κ3) is 6.19. The molecule has 0 bridgehead atoms. The molecule has 3 aromatic carbocycles. The number of anilines is 1. The van der Waals surface area contributed by atoms with Gasteiger partial charge in [-0.1, -0.05) is 29.3 Å². The van der Waals surface area contributed by atoms with Crippen LogP contribution in [-0.2, 0) is 11.3 Å². The standard InChI is InChI=1S/C26H20Cl2FN5O3/c1-31-13-23(35)33-18-3-5-21-16(8-18)9-22(34-21)26(36)32-12-15-2-4-20(28)25(24(15)29)37-19-7-14(11-30)6-17(27)10-19/h2-10,31,34H,12-13H2,1H3,(H,32,36)(H,33,35). The predicted octanol–water partition coefficient (Wildman–Crippen LogP) is 5.37. The number of halogens is 3. The second-order valence-corrected chi connectivity index (χ2v) is 8.83. The van der Waals surface area contributed by atoms with E-state index in [4.69, 9.17) is 33.2 Å². The molecule has 4 N–H and O–H groups in total. The zero-order valence-corrected chi connectivity index (χ0v) is 20.9. The van der Waals surface area contributed by atoms with Gasteiger partial charge in [0.05, 0.1) is 23.2 Å². The molecule has 37 heavy (non-hydrogen) atoms. The lowest BCUT2D eigenvalue weighted by Crippen LogP contribution is -2.24. The highest BCUT2D eigenvalue weighted by Crippen LogP contribution is 2.35. The number of nitriles is 1. The summed E-state index contributed by atoms with van der Waals surface area (Å²) in [6, 6.07) is 16.0. The molecule has 0 aliphatic heterocycles. The number of hydrogen-bond donors (Lipinski definition) is 4. The summed E-state index contributed by atoms with van der Waals surface area (Å²) in [5, 5.41) is 18.3. The maximum atomic E-state index is 15.2. The molecule has 0 aliphatic carbocycles. The smallest absolute Gasteiger partial charge is 0.267 e. The van der Waals surface area contributed by atoms with Crippen LogP contribution in [0.1, 0.15) is 21.6 Å². The van der Waals surface area contributed by atoms with Gasteiger partial charge in [-0.15, -0.1) is 0 Å². The molecule has 4 rings (SSSR count). The Labute approximate surface area is 221 Å². The second kappa shape index (κ2) is 11.3. The lowest BCUT2D eigenvalue weighted by molar-refractivity contribution is -0.115. The third-order valence-electron chi connectivity index (χ3n) is 5.28. The lowest BCUT2D eigenvalue weighted by atomic mass is 10.2. The molecule has 2 amide bonds. The van der Waals surface area contributed by atoms with Gasteiger partial charge in [0.15, 0.2) is 11.6 Å². The SMILES string of the molecule is CNCC(=O)Nc1ccc2[nH]c(C(=O)NCc3ccc(Cl)c(Oc4cc(Cl)cc(C#N)c4)c3F)cc2c1. The Bertz CT molecular complexity index is 1550. The first kappa shape index (κ1) is 26.0. The first-order valence-corrected chi connectivity index (χ1v) is 11.7. The van der Waals surface area contributed by atoms with Crippen molar-refractivity contribution in [3.05, 3.63) is 87.3 Å². The summed E-state index contributed by atoms with van der Waals surface area (Å²) in [7, 11) is 1.67. The first-order valence-electron chi connectivity index (χ1n) is 11.0. The Morgan fingerprint density at radius 3 is 2.68 bits per heavy atom. The van der Waals surface area contributed by atoms with Gasteiger partial charge < -0.3 is 25.7 Å². The highest BCUT2D eigenvalue weighted by molar-refractivity contribution is 6.32. The number of rotatable bonds is 8. The van der Waals surface area contributed by atoms with E-state index in [1.165, 1.54) is 30.3 Å². The van der Waals surface area contributed by atoms with E-state index in [-0.39, 0.29) is 57.4 Å². The van der Waals surface area contributed by atoms with Crippen molar-refractivity contribution in [2.45, 2.75) is 6.54 Å². The number of amides is 2. The molecule has 0 radical (unpaired) electrons. The van der Waals surface area contributed by atoms with Gasteiger partial charge in [-0.2, -0.15) is 5.26 Å². The van der Waals surface area contributed by atoms with Gasteiger partial charge >= 0.3 is 0 Å². The molecule has 11 heteroatoms. The molecule has 0 unspecified atom stereocenters. The fraction of sp³-hybridized carbons (Fsp3) is 0.115. The topological polar surface area (TPSA) is 119 Å². The second-order valence-electron chi connectivity index (χ2n) is 7.99. The maximum absolute atomic E-state index is 15.2. The zero-order valence-electron chi connectivity index (χ0n) is 19.4. The number of aromatic amines is 1. The number of hydrogen-bond acceptors (Lipinski definition) is 5. The summed E-state index contributed by atoms with van der Waals surface area (Å²) in [4.78, 5) is 27.5. The summed E-state index contributed by atoms with van der Waals surface area (Å²) < 4.78 is 20.8. The quantitative estimate of drug-likeness (QED) is 0.240. The molecule has 0 aliphatic rings. The Kier molecular flexibility index (Phi) is 7.94. The van der Waals surface area contributed by atoms with Crippen LogP contribution in [0.25, 0.3) is 10.9 Å². The molecular weight excluding hydrogens is 520 g/mol. The van der Waals surface area contributed by atoms with Crippen molar-refractivity contribution in [2.75, 3.05) is 18.9 Å². The van der Waals surface area contributed by atoms with Crippen molar-refractivity contribution in [1.29, 1.82) is 5.26 Å². The van der Waals surface area contributed by atoms with E-state index < -0.39 is 11.7 Å². The van der Waals surface area contributed by atoms with Crippen LogP contribution < -0.4 is 20.7 Å². The Hall–Kier alpha value is -4.10. The number of aromatic nitrogens is 1. The van der Waals surface area contributed by atoms with Crippen LogP contribution >= 0.6 is 23.2 Å². The Morgan fingerprint density at radius 1 is 1.11 bits per heavy atom. The molecule has 0 fully saturated rings. The number of carbonyl (C=O) groups is 2. The fourth-order valence-corrected chi connectivity index (χ4v) is 3.99. The summed E-state index contributed by atoms with van der Waals surface area (Å²) in [6.45, 7) is 0.0325. The maximum Gasteiger partial charge on any atom is 0.267 e. The van der Waals surface area contributed by atoms with Gasteiger partial charge in [0.25, 0.3) is 5.91 Å². The highest BCUT2D eigenvalue weighted by atomic mass is 35.5. The molecule has 0 atom stereocenters. The van der Waals surface area contributed by atoms with Crippen LogP contribution in [0.4, 0.5) is 10.1 Å². The van der Waals surface area contributed by atoms with E-state index in [1.54, 1.807) is 31.3 Å². The number of benzene rings is 3. The van der Waals surface area contributed by atoms with E-state index in [0.717, 1.165) is 5.39 Å². The van der Waals surface area contributed by atoms with Crippen molar-refractivity contribution in [2.24, 2.45) is 0 Å². The first-order chi connectivity index (χ1) is 17.8. The number of H-pyrrole nitrogens is 1. The molecule has 8 nitrogen and oxygen atoms in total. The number of fused-ring (bicyclic) bond motifs is 1. The summed E-state index contributed by atoms with van der Waals surface area (Å²) in [5.74, 6) is -1.51. The van der Waals surface area contributed by atoms with E-state index in [9.17, 15) is 9.59 Å². The van der Waals surface area contributed by atoms with Gasteiger partial charge in [-0.3, -0.25) is 9.59 Å². The van der Waals surface area contributed by atoms with Crippen LogP contribution in [0, 0.1) is 17.1 Å². The fourth-order valence-electron chi connectivity index (χ4n) is 3.58. The lowest BCUT2D eigenvalue weighted by Gasteiger charge is -2.13. The molecular formula is C26H20Cl2FN5O3. The Balaban J connectivity index is 1.48. The number of likely N-dealkylation sites (N-methyl/N-ethyl adjacent to an activating group) is 1. The van der Waals surface area contributed by atoms with Crippen molar-refractivity contribution in [3.63, 3.8) is 0 Å². The van der Waals surface area contributed by atoms with E-state index >= 15 is 4.39 Å². The van der Waals surface area contributed by atoms with Gasteiger partial charge in [0.1, 0.15) is 11.4 Å². The van der Waals surface area contributed by atoms with Gasteiger partial charge in [-0.25, -0.2) is 4.39 Å². The Morgan fingerprint density at radius 2 is 1.92 bits per heavy atom. The monoisotopic (exact) mass is 539 g/mol. The molecule has 4 aromatic rings. The number of ether oxygens (including phenoxy) is 1. The van der Waals surface area contributed by atoms with Crippen LogP contribution in [0.5, 0.6) is 11.5 Å². The van der Waals surface area contributed by atoms with Crippen molar-refractivity contribution < 1.29 is 18.7 Å². The average molecular weight is 540 g/mol. The van der Waals surface area contributed by atoms with Gasteiger partial charge in [-0.05, 0) is 55.6 Å². The van der Waals surface area contributed by atoms with Crippen molar-refractivity contribution >= 4 is 51.6 Å². The highest BCUT2D eigenvalue weighted by Gasteiger charge is 2.17. The third-order valence-corrected chi connectivity index (χ3v) is 5.79. The number of nitrogens with one attached hydrogen (secondary N) is 4. The number of nitrogens with zero attached hydrogens (tertiary/aromatic N) is 1. The van der Waals surface area contributed by atoms with Gasteiger partial charge in [0.2, 0.25) is 5.91 Å². The minimum atomic E-state index is -0.759. The molecule has 0 saturated heterocycles. The van der Waals surface area contributed by atoms with Crippen molar-refractivity contribution in [1.82, 2.24) is 15.6 Å². The normalized spacial score (nSPS) is 10.7. The van der Waals surface area contributed by atoms with Crippen LogP contribution in [0.15, 0.2) is 54.6 Å². The van der Waals surface area contributed by atoms with Crippen molar-refractivity contribution in [3.8, 4) is 17.6 Å².